The van der Waals surface area contributed by atoms with Crippen molar-refractivity contribution in [2.24, 2.45) is 5.92 Å². The molecule has 146 valence electrons. The molecule has 1 amide bonds. The van der Waals surface area contributed by atoms with Crippen LogP contribution in [0.3, 0.4) is 0 Å². The Morgan fingerprint density at radius 1 is 1.29 bits per heavy atom. The summed E-state index contributed by atoms with van der Waals surface area (Å²) in [5, 5.41) is 3.36. The van der Waals surface area contributed by atoms with Gasteiger partial charge in [0.15, 0.2) is 0 Å². The van der Waals surface area contributed by atoms with E-state index < -0.39 is 11.6 Å². The molecular weight excluding hydrogens is 366 g/mol. The smallest absolute Gasteiger partial charge is 0.231 e. The van der Waals surface area contributed by atoms with Gasteiger partial charge in [0, 0.05) is 24.7 Å². The fourth-order valence-corrected chi connectivity index (χ4v) is 3.62. The average molecular weight is 386 g/mol. The summed E-state index contributed by atoms with van der Waals surface area (Å²) in [5.74, 6) is -0.451. The molecule has 0 radical (unpaired) electrons. The first-order chi connectivity index (χ1) is 13.4. The van der Waals surface area contributed by atoms with Crippen molar-refractivity contribution in [1.29, 1.82) is 0 Å². The van der Waals surface area contributed by atoms with Crippen LogP contribution in [0.4, 0.5) is 20.3 Å². The molecule has 1 aliphatic rings. The summed E-state index contributed by atoms with van der Waals surface area (Å²) in [6.07, 6.45) is 2.90. The van der Waals surface area contributed by atoms with Crippen LogP contribution in [0.1, 0.15) is 24.2 Å². The van der Waals surface area contributed by atoms with Crippen molar-refractivity contribution in [3.8, 4) is 0 Å². The van der Waals surface area contributed by atoms with E-state index >= 15 is 0 Å². The van der Waals surface area contributed by atoms with Crippen LogP contribution in [0, 0.1) is 31.4 Å². The van der Waals surface area contributed by atoms with Crippen LogP contribution in [0.15, 0.2) is 28.9 Å². The molecule has 1 aliphatic heterocycles. The van der Waals surface area contributed by atoms with E-state index in [0.717, 1.165) is 53.7 Å². The lowest BCUT2D eigenvalue weighted by molar-refractivity contribution is -0.120. The number of nitrogens with zero attached hydrogens (tertiary/aromatic N) is 3. The fraction of sp³-hybridized carbons (Fsp3) is 0.350. The quantitative estimate of drug-likeness (QED) is 0.737. The molecule has 0 spiro atoms. The molecule has 6 nitrogen and oxygen atoms in total. The monoisotopic (exact) mass is 386 g/mol. The van der Waals surface area contributed by atoms with Gasteiger partial charge in [0.2, 0.25) is 11.6 Å². The number of benzene rings is 1. The number of furan rings is 1. The SMILES string of the molecule is Cc1oc2ncnc(N3CCC[C@H](C(=O)Nc4cc(F)ccc4F)C3)c2c1C. The van der Waals surface area contributed by atoms with Crippen LogP contribution in [-0.4, -0.2) is 29.0 Å². The molecule has 3 heterocycles. The number of rotatable bonds is 3. The van der Waals surface area contributed by atoms with Crippen molar-refractivity contribution < 1.29 is 18.0 Å². The Morgan fingerprint density at radius 2 is 2.11 bits per heavy atom. The number of hydrogen-bond donors (Lipinski definition) is 1. The van der Waals surface area contributed by atoms with E-state index in [9.17, 15) is 13.6 Å². The molecule has 1 atom stereocenters. The van der Waals surface area contributed by atoms with Crippen LogP contribution in [0.25, 0.3) is 11.1 Å². The second kappa shape index (κ2) is 7.18. The Balaban J connectivity index is 1.57. The number of anilines is 2. The molecule has 0 aliphatic carbocycles. The van der Waals surface area contributed by atoms with Crippen LogP contribution in [0.2, 0.25) is 0 Å². The van der Waals surface area contributed by atoms with Crippen LogP contribution in [-0.2, 0) is 4.79 Å². The number of aromatic nitrogens is 2. The van der Waals surface area contributed by atoms with Gasteiger partial charge in [-0.15, -0.1) is 0 Å². The number of hydrogen-bond acceptors (Lipinski definition) is 5. The summed E-state index contributed by atoms with van der Waals surface area (Å²) in [5.41, 5.74) is 1.35. The third-order valence-electron chi connectivity index (χ3n) is 5.22. The molecule has 1 N–H and O–H groups in total. The Labute approximate surface area is 160 Å². The fourth-order valence-electron chi connectivity index (χ4n) is 3.62. The summed E-state index contributed by atoms with van der Waals surface area (Å²) in [4.78, 5) is 23.3. The zero-order chi connectivity index (χ0) is 19.8. The number of nitrogens with one attached hydrogen (secondary N) is 1. The molecule has 0 bridgehead atoms. The minimum atomic E-state index is -0.663. The number of halogens is 2. The topological polar surface area (TPSA) is 71.3 Å². The van der Waals surface area contributed by atoms with E-state index in [4.69, 9.17) is 4.42 Å². The first-order valence-electron chi connectivity index (χ1n) is 9.15. The molecule has 4 rings (SSSR count). The van der Waals surface area contributed by atoms with Gasteiger partial charge in [-0.3, -0.25) is 4.79 Å². The molecule has 3 aromatic rings. The van der Waals surface area contributed by atoms with Crippen molar-refractivity contribution in [3.63, 3.8) is 0 Å². The average Bonchev–Trinajstić information content (AvgIpc) is 2.99. The minimum absolute atomic E-state index is 0.146. The predicted octanol–water partition coefficient (Wildman–Crippen LogP) is 3.97. The van der Waals surface area contributed by atoms with E-state index in [-0.39, 0.29) is 17.5 Å². The first-order valence-corrected chi connectivity index (χ1v) is 9.15. The van der Waals surface area contributed by atoms with Crippen molar-refractivity contribution in [2.75, 3.05) is 23.3 Å². The summed E-state index contributed by atoms with van der Waals surface area (Å²) >= 11 is 0. The normalized spacial score (nSPS) is 17.1. The first kappa shape index (κ1) is 18.3. The largest absolute Gasteiger partial charge is 0.443 e. The molecule has 1 aromatic carbocycles. The summed E-state index contributed by atoms with van der Waals surface area (Å²) in [6, 6.07) is 3.00. The number of amides is 1. The Kier molecular flexibility index (Phi) is 4.70. The number of aryl methyl sites for hydroxylation is 2. The summed E-state index contributed by atoms with van der Waals surface area (Å²) in [6.45, 7) is 5.00. The highest BCUT2D eigenvalue weighted by molar-refractivity contribution is 5.94. The Bertz CT molecular complexity index is 1050. The van der Waals surface area contributed by atoms with Gasteiger partial charge in [-0.2, -0.15) is 0 Å². The van der Waals surface area contributed by atoms with Crippen molar-refractivity contribution >= 4 is 28.5 Å². The van der Waals surface area contributed by atoms with E-state index in [1.807, 2.05) is 18.7 Å². The van der Waals surface area contributed by atoms with Gasteiger partial charge in [-0.05, 0) is 38.8 Å². The standard InChI is InChI=1S/C20H20F2N4O2/c1-11-12(2)28-20-17(11)18(23-10-24-20)26-7-3-4-13(9-26)19(27)25-16-8-14(21)5-6-15(16)22/h5-6,8,10,13H,3-4,7,9H2,1-2H3,(H,25,27)/t13-/m0/s1. The van der Waals surface area contributed by atoms with E-state index in [0.29, 0.717) is 18.7 Å². The third kappa shape index (κ3) is 3.30. The Hall–Kier alpha value is -3.03. The highest BCUT2D eigenvalue weighted by atomic mass is 19.1. The lowest BCUT2D eigenvalue weighted by Gasteiger charge is -2.33. The van der Waals surface area contributed by atoms with Crippen LogP contribution in [0.5, 0.6) is 0 Å². The number of carbonyl (C=O) groups is 1. The van der Waals surface area contributed by atoms with Gasteiger partial charge >= 0.3 is 0 Å². The zero-order valence-electron chi connectivity index (χ0n) is 15.6. The maximum atomic E-state index is 13.8. The van der Waals surface area contributed by atoms with Gasteiger partial charge in [0.25, 0.3) is 0 Å². The zero-order valence-corrected chi connectivity index (χ0v) is 15.6. The molecule has 0 unspecified atom stereocenters. The lowest BCUT2D eigenvalue weighted by atomic mass is 9.96. The predicted molar refractivity (Wildman–Crippen MR) is 101 cm³/mol. The highest BCUT2D eigenvalue weighted by Crippen LogP contribution is 2.33. The summed E-state index contributed by atoms with van der Waals surface area (Å²) < 4.78 is 32.9. The van der Waals surface area contributed by atoms with E-state index in [2.05, 4.69) is 15.3 Å². The molecule has 0 saturated carbocycles. The van der Waals surface area contributed by atoms with E-state index in [1.165, 1.54) is 6.33 Å². The Morgan fingerprint density at radius 3 is 2.93 bits per heavy atom. The van der Waals surface area contributed by atoms with Crippen molar-refractivity contribution in [3.05, 3.63) is 47.5 Å². The minimum Gasteiger partial charge on any atom is -0.443 e. The second-order valence-electron chi connectivity index (χ2n) is 7.06. The summed E-state index contributed by atoms with van der Waals surface area (Å²) in [7, 11) is 0. The highest BCUT2D eigenvalue weighted by Gasteiger charge is 2.29. The van der Waals surface area contributed by atoms with Crippen LogP contribution >= 0.6 is 0 Å². The van der Waals surface area contributed by atoms with Gasteiger partial charge in [-0.1, -0.05) is 0 Å². The molecule has 1 saturated heterocycles. The van der Waals surface area contributed by atoms with Crippen molar-refractivity contribution in [1.82, 2.24) is 9.97 Å². The molecule has 28 heavy (non-hydrogen) atoms. The van der Waals surface area contributed by atoms with Gasteiger partial charge in [0.05, 0.1) is 17.0 Å². The van der Waals surface area contributed by atoms with Crippen molar-refractivity contribution in [2.45, 2.75) is 26.7 Å². The van der Waals surface area contributed by atoms with Crippen LogP contribution < -0.4 is 10.2 Å². The van der Waals surface area contributed by atoms with Gasteiger partial charge < -0.3 is 14.6 Å². The molecule has 8 heteroatoms. The molecular formula is C20H20F2N4O2. The molecule has 2 aromatic heterocycles. The maximum absolute atomic E-state index is 13.8. The number of fused-ring (bicyclic) bond motifs is 1. The van der Waals surface area contributed by atoms with Gasteiger partial charge in [0.1, 0.15) is 29.5 Å². The lowest BCUT2D eigenvalue weighted by Crippen LogP contribution is -2.41. The number of carbonyl (C=O) groups excluding carboxylic acids is 1. The van der Waals surface area contributed by atoms with E-state index in [1.54, 1.807) is 0 Å². The second-order valence-corrected chi connectivity index (χ2v) is 7.06. The van der Waals surface area contributed by atoms with Gasteiger partial charge in [-0.25, -0.2) is 18.7 Å². The maximum Gasteiger partial charge on any atom is 0.231 e. The third-order valence-corrected chi connectivity index (χ3v) is 5.22. The molecule has 1 fully saturated rings. The number of piperidine rings is 1.